The lowest BCUT2D eigenvalue weighted by Gasteiger charge is -2.26. The van der Waals surface area contributed by atoms with Crippen LogP contribution < -0.4 is 15.4 Å². The fourth-order valence-electron chi connectivity index (χ4n) is 4.97. The van der Waals surface area contributed by atoms with E-state index in [0.29, 0.717) is 36.2 Å². The molecule has 204 valence electrons. The second-order valence-electron chi connectivity index (χ2n) is 9.71. The topological polar surface area (TPSA) is 139 Å². The Morgan fingerprint density at radius 3 is 2.85 bits per heavy atom. The molecule has 0 unspecified atom stereocenters. The minimum Gasteiger partial charge on any atom is -0.489 e. The molecule has 1 amide bonds. The Labute approximate surface area is 234 Å². The number of morpholine rings is 1. The van der Waals surface area contributed by atoms with Crippen LogP contribution in [0, 0.1) is 0 Å². The third kappa shape index (κ3) is 4.59. The number of carbonyl (C=O) groups excluding carboxylic acids is 1. The molecule has 0 bridgehead atoms. The maximum atomic E-state index is 12.3. The van der Waals surface area contributed by atoms with Crippen LogP contribution in [-0.2, 0) is 23.2 Å². The Morgan fingerprint density at radius 2 is 2.00 bits per heavy atom. The van der Waals surface area contributed by atoms with Crippen LogP contribution in [0.1, 0.15) is 5.56 Å². The lowest BCUT2D eigenvalue weighted by molar-refractivity contribution is -0.125. The Balaban J connectivity index is 1.16. The van der Waals surface area contributed by atoms with Gasteiger partial charge in [0.25, 0.3) is 5.91 Å². The van der Waals surface area contributed by atoms with E-state index in [2.05, 4.69) is 20.1 Å². The van der Waals surface area contributed by atoms with Crippen LogP contribution >= 0.6 is 0 Å². The molecule has 0 aliphatic carbocycles. The van der Waals surface area contributed by atoms with Crippen LogP contribution in [0.15, 0.2) is 73.6 Å². The quantitative estimate of drug-likeness (QED) is 0.333. The molecule has 5 aromatic heterocycles. The van der Waals surface area contributed by atoms with E-state index >= 15 is 0 Å². The number of aryl methyl sites for hydroxylation is 1. The number of benzene rings is 1. The Hall–Kier alpha value is -5.36. The van der Waals surface area contributed by atoms with Crippen LogP contribution in [0.5, 0.6) is 5.75 Å². The monoisotopic (exact) mass is 547 g/mol. The van der Waals surface area contributed by atoms with E-state index in [9.17, 15) is 4.79 Å². The summed E-state index contributed by atoms with van der Waals surface area (Å²) >= 11 is 0. The second kappa shape index (κ2) is 9.99. The van der Waals surface area contributed by atoms with Gasteiger partial charge in [-0.15, -0.1) is 0 Å². The van der Waals surface area contributed by atoms with E-state index in [1.807, 2.05) is 66.5 Å². The predicted octanol–water partition coefficient (Wildman–Crippen LogP) is 3.29. The van der Waals surface area contributed by atoms with Crippen molar-refractivity contribution in [2.45, 2.75) is 6.61 Å². The molecule has 0 atom stereocenters. The molecule has 6 aromatic rings. The SMILES string of the molecule is Cn1ccc(-c2cn(-c3cncc(COc4ccc5ccc(N6CCOCC6=O)nc5c4)c3)c3ncnc(N)c23)n1. The molecule has 2 N–H and O–H groups in total. The van der Waals surface area contributed by atoms with E-state index in [-0.39, 0.29) is 19.1 Å². The first-order chi connectivity index (χ1) is 20.0. The summed E-state index contributed by atoms with van der Waals surface area (Å²) in [6, 6.07) is 13.5. The zero-order chi connectivity index (χ0) is 27.9. The maximum absolute atomic E-state index is 12.3. The van der Waals surface area contributed by atoms with Gasteiger partial charge in [0.15, 0.2) is 5.65 Å². The highest BCUT2D eigenvalue weighted by molar-refractivity contribution is 6.00. The number of anilines is 2. The Morgan fingerprint density at radius 1 is 1.10 bits per heavy atom. The minimum atomic E-state index is -0.0975. The number of hydrogen-bond acceptors (Lipinski definition) is 9. The zero-order valence-corrected chi connectivity index (χ0v) is 22.1. The molecule has 1 fully saturated rings. The predicted molar refractivity (Wildman–Crippen MR) is 153 cm³/mol. The molecule has 1 aromatic carbocycles. The van der Waals surface area contributed by atoms with Crippen LogP contribution in [0.3, 0.4) is 0 Å². The summed E-state index contributed by atoms with van der Waals surface area (Å²) in [4.78, 5) is 31.8. The first-order valence-corrected chi connectivity index (χ1v) is 13.0. The number of amides is 1. The lowest BCUT2D eigenvalue weighted by Crippen LogP contribution is -2.42. The molecule has 41 heavy (non-hydrogen) atoms. The van der Waals surface area contributed by atoms with Crippen molar-refractivity contribution in [1.82, 2.24) is 34.3 Å². The molecular weight excluding hydrogens is 522 g/mol. The number of pyridine rings is 2. The van der Waals surface area contributed by atoms with E-state index in [0.717, 1.165) is 38.8 Å². The molecule has 6 heterocycles. The summed E-state index contributed by atoms with van der Waals surface area (Å²) in [5.74, 6) is 1.55. The second-order valence-corrected chi connectivity index (χ2v) is 9.71. The fourth-order valence-corrected chi connectivity index (χ4v) is 4.97. The van der Waals surface area contributed by atoms with Crippen LogP contribution in [-0.4, -0.2) is 59.9 Å². The normalized spacial score (nSPS) is 13.8. The van der Waals surface area contributed by atoms with Crippen LogP contribution in [0.4, 0.5) is 11.6 Å². The summed E-state index contributed by atoms with van der Waals surface area (Å²) in [6.45, 7) is 1.33. The molecule has 12 heteroatoms. The Bertz CT molecular complexity index is 1930. The van der Waals surface area contributed by atoms with Crippen LogP contribution in [0.25, 0.3) is 38.9 Å². The van der Waals surface area contributed by atoms with Crippen molar-refractivity contribution in [3.63, 3.8) is 0 Å². The number of hydrogen-bond donors (Lipinski definition) is 1. The molecule has 0 radical (unpaired) electrons. The van der Waals surface area contributed by atoms with Crippen LogP contribution in [0.2, 0.25) is 0 Å². The van der Waals surface area contributed by atoms with Gasteiger partial charge in [0.05, 0.1) is 41.6 Å². The van der Waals surface area contributed by atoms with E-state index in [1.165, 1.54) is 6.33 Å². The van der Waals surface area contributed by atoms with Gasteiger partial charge in [-0.05, 0) is 36.4 Å². The zero-order valence-electron chi connectivity index (χ0n) is 22.1. The molecule has 12 nitrogen and oxygen atoms in total. The first-order valence-electron chi connectivity index (χ1n) is 13.0. The third-order valence-electron chi connectivity index (χ3n) is 6.98. The summed E-state index contributed by atoms with van der Waals surface area (Å²) in [5, 5.41) is 6.23. The van der Waals surface area contributed by atoms with Crippen molar-refractivity contribution in [3.8, 4) is 22.7 Å². The smallest absolute Gasteiger partial charge is 0.254 e. The molecule has 1 aliphatic rings. The lowest BCUT2D eigenvalue weighted by atomic mass is 10.2. The number of nitrogens with zero attached hydrogens (tertiary/aromatic N) is 8. The number of rotatable bonds is 6. The molecule has 1 saturated heterocycles. The number of nitrogens with two attached hydrogens (primary N) is 1. The molecule has 7 rings (SSSR count). The van der Waals surface area contributed by atoms with E-state index < -0.39 is 0 Å². The van der Waals surface area contributed by atoms with Crippen molar-refractivity contribution >= 4 is 39.5 Å². The van der Waals surface area contributed by atoms with Crippen molar-refractivity contribution in [2.24, 2.45) is 7.05 Å². The summed E-state index contributed by atoms with van der Waals surface area (Å²) in [7, 11) is 1.87. The molecular formula is C29H25N9O3. The van der Waals surface area contributed by atoms with Gasteiger partial charge >= 0.3 is 0 Å². The average Bonchev–Trinajstić information content (AvgIpc) is 3.60. The average molecular weight is 548 g/mol. The molecule has 1 aliphatic heterocycles. The van der Waals surface area contributed by atoms with Gasteiger partial charge in [0.1, 0.15) is 36.9 Å². The summed E-state index contributed by atoms with van der Waals surface area (Å²) in [5.41, 5.74) is 10.9. The highest BCUT2D eigenvalue weighted by atomic mass is 16.5. The number of carbonyl (C=O) groups is 1. The van der Waals surface area contributed by atoms with Gasteiger partial charge < -0.3 is 15.2 Å². The third-order valence-corrected chi connectivity index (χ3v) is 6.98. The van der Waals surface area contributed by atoms with Gasteiger partial charge in [-0.25, -0.2) is 15.0 Å². The van der Waals surface area contributed by atoms with Crippen molar-refractivity contribution in [2.75, 3.05) is 30.4 Å². The number of ether oxygens (including phenoxy) is 2. The minimum absolute atomic E-state index is 0.0690. The summed E-state index contributed by atoms with van der Waals surface area (Å²) < 4.78 is 15.0. The van der Waals surface area contributed by atoms with Gasteiger partial charge in [0.2, 0.25) is 0 Å². The number of fused-ring (bicyclic) bond motifs is 2. The highest BCUT2D eigenvalue weighted by Gasteiger charge is 2.21. The first kappa shape index (κ1) is 24.7. The molecule has 0 saturated carbocycles. The summed E-state index contributed by atoms with van der Waals surface area (Å²) in [6.07, 6.45) is 8.80. The van der Waals surface area contributed by atoms with Crippen molar-refractivity contribution in [3.05, 3.63) is 79.1 Å². The van der Waals surface area contributed by atoms with Gasteiger partial charge in [-0.2, -0.15) is 5.10 Å². The van der Waals surface area contributed by atoms with Gasteiger partial charge in [0, 0.05) is 48.2 Å². The van der Waals surface area contributed by atoms with Gasteiger partial charge in [-0.1, -0.05) is 0 Å². The Kier molecular flexibility index (Phi) is 6.01. The maximum Gasteiger partial charge on any atom is 0.254 e. The van der Waals surface area contributed by atoms with Crippen molar-refractivity contribution < 1.29 is 14.3 Å². The van der Waals surface area contributed by atoms with E-state index in [4.69, 9.17) is 20.2 Å². The number of nitrogen functional groups attached to an aromatic ring is 1. The highest BCUT2D eigenvalue weighted by Crippen LogP contribution is 2.33. The standard InChI is InChI=1S/C29H25N9O3/c1-36-7-6-23(35-36)22-14-38(29-27(22)28(30)32-17-33-29)20-10-18(12-31-13-20)15-41-21-4-2-19-3-5-25(34-24(19)11-21)37-8-9-40-16-26(37)39/h2-7,10-14,17H,8-9,15-16H2,1H3,(H2,30,32,33). The molecule has 0 spiro atoms. The number of aromatic nitrogens is 7. The largest absolute Gasteiger partial charge is 0.489 e. The van der Waals surface area contributed by atoms with Crippen molar-refractivity contribution in [1.29, 1.82) is 0 Å². The fraction of sp³-hybridized carbons (Fsp3) is 0.172. The van der Waals surface area contributed by atoms with Gasteiger partial charge in [-0.3, -0.25) is 23.9 Å². The van der Waals surface area contributed by atoms with E-state index in [1.54, 1.807) is 22.0 Å².